The molecule has 7 nitrogen and oxygen atoms in total. The second-order valence-corrected chi connectivity index (χ2v) is 10.7. The third kappa shape index (κ3) is 4.38. The molecule has 3 aromatic carbocycles. The Morgan fingerprint density at radius 3 is 2.44 bits per heavy atom. The molecule has 0 bridgehead atoms. The minimum absolute atomic E-state index is 0.507. The van der Waals surface area contributed by atoms with Crippen molar-refractivity contribution in [1.29, 1.82) is 0 Å². The molecule has 1 saturated heterocycles. The van der Waals surface area contributed by atoms with Crippen molar-refractivity contribution in [2.24, 2.45) is 7.05 Å². The number of nitrogens with zero attached hydrogens (tertiary/aromatic N) is 5. The predicted octanol–water partition coefficient (Wildman–Crippen LogP) is 5.74. The van der Waals surface area contributed by atoms with Gasteiger partial charge in [0.2, 0.25) is 0 Å². The lowest BCUT2D eigenvalue weighted by Crippen LogP contribution is -2.44. The van der Waals surface area contributed by atoms with E-state index in [2.05, 4.69) is 99.1 Å². The van der Waals surface area contributed by atoms with Crippen LogP contribution in [0, 0.1) is 0 Å². The molecule has 0 saturated carbocycles. The van der Waals surface area contributed by atoms with Crippen molar-refractivity contribution in [1.82, 2.24) is 19.7 Å². The molecule has 0 spiro atoms. The van der Waals surface area contributed by atoms with Crippen molar-refractivity contribution in [3.63, 3.8) is 0 Å². The monoisotopic (exact) mass is 515 g/mol. The molecular weight excluding hydrogens is 482 g/mol. The maximum Gasteiger partial charge on any atom is 0.160 e. The summed E-state index contributed by atoms with van der Waals surface area (Å²) in [5.41, 5.74) is 15.2. The van der Waals surface area contributed by atoms with Gasteiger partial charge in [0.25, 0.3) is 0 Å². The summed E-state index contributed by atoms with van der Waals surface area (Å²) in [6.07, 6.45) is 2.37. The number of benzene rings is 3. The number of fused-ring (bicyclic) bond motifs is 2. The van der Waals surface area contributed by atoms with Crippen LogP contribution in [0.2, 0.25) is 0 Å². The molecule has 196 valence electrons. The van der Waals surface area contributed by atoms with Gasteiger partial charge in [0, 0.05) is 43.9 Å². The average molecular weight is 516 g/mol. The van der Waals surface area contributed by atoms with E-state index in [1.54, 1.807) is 4.68 Å². The molecule has 2 aliphatic heterocycles. The Balaban J connectivity index is 1.09. The number of anilines is 3. The van der Waals surface area contributed by atoms with Crippen LogP contribution in [0.3, 0.4) is 0 Å². The Morgan fingerprint density at radius 2 is 1.64 bits per heavy atom. The Kier molecular flexibility index (Phi) is 5.93. The summed E-state index contributed by atoms with van der Waals surface area (Å²) < 4.78 is 1.76. The Hall–Kier alpha value is -4.36. The van der Waals surface area contributed by atoms with E-state index in [0.717, 1.165) is 59.7 Å². The van der Waals surface area contributed by atoms with Crippen LogP contribution in [0.15, 0.2) is 84.9 Å². The standard InChI is InChI=1S/C32H33N7/c1-37-32-27(31(33)36-37)19-26(23-7-3-2-4-8-23)30(35-32)24-13-11-22(12-14-24)20-38-17-15-25(16-18-38)39-21-34-28-9-5-6-10-29(28)39/h2-14,19,25,34H,15-18,20-21H2,1H3,(H2,33,36). The van der Waals surface area contributed by atoms with E-state index in [-0.39, 0.29) is 0 Å². The number of hydrogen-bond acceptors (Lipinski definition) is 6. The Morgan fingerprint density at radius 1 is 0.897 bits per heavy atom. The maximum atomic E-state index is 6.20. The molecule has 0 aliphatic carbocycles. The highest BCUT2D eigenvalue weighted by Crippen LogP contribution is 2.36. The van der Waals surface area contributed by atoms with Gasteiger partial charge < -0.3 is 16.0 Å². The molecule has 3 N–H and O–H groups in total. The van der Waals surface area contributed by atoms with Crippen molar-refractivity contribution in [2.45, 2.75) is 25.4 Å². The lowest BCUT2D eigenvalue weighted by atomic mass is 9.97. The molecule has 1 fully saturated rings. The van der Waals surface area contributed by atoms with Crippen molar-refractivity contribution >= 4 is 28.2 Å². The molecule has 2 aromatic heterocycles. The summed E-state index contributed by atoms with van der Waals surface area (Å²) in [6, 6.07) is 30.7. The third-order valence-corrected chi connectivity index (χ3v) is 8.21. The second-order valence-electron chi connectivity index (χ2n) is 10.7. The van der Waals surface area contributed by atoms with Gasteiger partial charge >= 0.3 is 0 Å². The van der Waals surface area contributed by atoms with Crippen LogP contribution < -0.4 is 16.0 Å². The summed E-state index contributed by atoms with van der Waals surface area (Å²) in [5, 5.41) is 8.82. The van der Waals surface area contributed by atoms with Crippen molar-refractivity contribution in [2.75, 3.05) is 35.7 Å². The largest absolute Gasteiger partial charge is 0.382 e. The quantitative estimate of drug-likeness (QED) is 0.311. The Bertz CT molecular complexity index is 1620. The van der Waals surface area contributed by atoms with E-state index in [1.807, 2.05) is 13.1 Å². The summed E-state index contributed by atoms with van der Waals surface area (Å²) in [5.74, 6) is 0.507. The van der Waals surface area contributed by atoms with E-state index >= 15 is 0 Å². The highest BCUT2D eigenvalue weighted by atomic mass is 15.3. The minimum atomic E-state index is 0.507. The molecule has 0 amide bonds. The van der Waals surface area contributed by atoms with Gasteiger partial charge in [0.15, 0.2) is 11.5 Å². The number of nitrogen functional groups attached to an aromatic ring is 1. The molecule has 4 heterocycles. The third-order valence-electron chi connectivity index (χ3n) is 8.21. The highest BCUT2D eigenvalue weighted by Gasteiger charge is 2.29. The number of aromatic nitrogens is 3. The van der Waals surface area contributed by atoms with Crippen molar-refractivity contribution < 1.29 is 0 Å². The van der Waals surface area contributed by atoms with Gasteiger partial charge in [-0.05, 0) is 42.2 Å². The van der Waals surface area contributed by atoms with E-state index in [0.29, 0.717) is 11.9 Å². The molecule has 0 unspecified atom stereocenters. The molecular formula is C32H33N7. The number of piperidine rings is 1. The fourth-order valence-corrected chi connectivity index (χ4v) is 6.13. The summed E-state index contributed by atoms with van der Waals surface area (Å²) in [4.78, 5) is 10.2. The SMILES string of the molecule is Cn1nc(N)c2cc(-c3ccccc3)c(-c3ccc(CN4CCC(N5CNc6ccccc65)CC4)cc3)nc21. The zero-order valence-corrected chi connectivity index (χ0v) is 22.2. The van der Waals surface area contributed by atoms with Gasteiger partial charge in [-0.25, -0.2) is 9.67 Å². The zero-order valence-electron chi connectivity index (χ0n) is 22.2. The summed E-state index contributed by atoms with van der Waals surface area (Å²) in [7, 11) is 1.89. The fourth-order valence-electron chi connectivity index (χ4n) is 6.13. The topological polar surface area (TPSA) is 75.2 Å². The minimum Gasteiger partial charge on any atom is -0.382 e. The van der Waals surface area contributed by atoms with Crippen molar-refractivity contribution in [3.8, 4) is 22.4 Å². The van der Waals surface area contributed by atoms with E-state index < -0.39 is 0 Å². The van der Waals surface area contributed by atoms with Gasteiger partial charge in [-0.1, -0.05) is 66.7 Å². The lowest BCUT2D eigenvalue weighted by molar-refractivity contribution is 0.202. The summed E-state index contributed by atoms with van der Waals surface area (Å²) >= 11 is 0. The smallest absolute Gasteiger partial charge is 0.160 e. The molecule has 0 atom stereocenters. The number of likely N-dealkylation sites (tertiary alicyclic amines) is 1. The summed E-state index contributed by atoms with van der Waals surface area (Å²) in [6.45, 7) is 4.12. The van der Waals surface area contributed by atoms with Crippen LogP contribution in [-0.4, -0.2) is 45.5 Å². The van der Waals surface area contributed by atoms with Crippen LogP contribution >= 0.6 is 0 Å². The first-order valence-corrected chi connectivity index (χ1v) is 13.7. The first-order valence-electron chi connectivity index (χ1n) is 13.7. The average Bonchev–Trinajstić information content (AvgIpc) is 3.54. The molecule has 7 rings (SSSR count). The van der Waals surface area contributed by atoms with Gasteiger partial charge in [0.05, 0.1) is 29.1 Å². The van der Waals surface area contributed by atoms with Gasteiger partial charge in [-0.15, -0.1) is 0 Å². The highest BCUT2D eigenvalue weighted by molar-refractivity contribution is 5.95. The molecule has 2 aliphatic rings. The molecule has 39 heavy (non-hydrogen) atoms. The number of pyridine rings is 1. The van der Waals surface area contributed by atoms with Gasteiger partial charge in [-0.2, -0.15) is 5.10 Å². The van der Waals surface area contributed by atoms with Crippen LogP contribution in [-0.2, 0) is 13.6 Å². The molecule has 0 radical (unpaired) electrons. The van der Waals surface area contributed by atoms with Crippen LogP contribution in [0.5, 0.6) is 0 Å². The van der Waals surface area contributed by atoms with Crippen molar-refractivity contribution in [3.05, 3.63) is 90.5 Å². The zero-order chi connectivity index (χ0) is 26.3. The number of hydrogen-bond donors (Lipinski definition) is 2. The number of para-hydroxylation sites is 2. The normalized spacial score (nSPS) is 16.0. The molecule has 5 aromatic rings. The van der Waals surface area contributed by atoms with Crippen LogP contribution in [0.25, 0.3) is 33.4 Å². The van der Waals surface area contributed by atoms with E-state index in [9.17, 15) is 0 Å². The van der Waals surface area contributed by atoms with E-state index in [4.69, 9.17) is 10.7 Å². The van der Waals surface area contributed by atoms with Gasteiger partial charge in [-0.3, -0.25) is 4.90 Å². The van der Waals surface area contributed by atoms with E-state index in [1.165, 1.54) is 29.8 Å². The number of nitrogens with two attached hydrogens (primary N) is 1. The first kappa shape index (κ1) is 23.7. The van der Waals surface area contributed by atoms with Gasteiger partial charge in [0.1, 0.15) is 0 Å². The Labute approximate surface area is 228 Å². The lowest BCUT2D eigenvalue weighted by Gasteiger charge is -2.37. The first-order chi connectivity index (χ1) is 19.1. The second kappa shape index (κ2) is 9.75. The van der Waals surface area contributed by atoms with Crippen LogP contribution in [0.1, 0.15) is 18.4 Å². The number of nitrogens with one attached hydrogen (secondary N) is 1. The maximum absolute atomic E-state index is 6.20. The number of rotatable bonds is 5. The molecule has 7 heteroatoms. The number of aryl methyl sites for hydroxylation is 1. The predicted molar refractivity (Wildman–Crippen MR) is 160 cm³/mol. The van der Waals surface area contributed by atoms with Crippen LogP contribution in [0.4, 0.5) is 17.2 Å². The fraction of sp³-hybridized carbons (Fsp3) is 0.250.